The van der Waals surface area contributed by atoms with Gasteiger partial charge in [0.05, 0.1) is 4.47 Å². The number of hydrogen-bond acceptors (Lipinski definition) is 5. The Kier molecular flexibility index (Phi) is 4.95. The maximum Gasteiger partial charge on any atom is 0.224 e. The van der Waals surface area contributed by atoms with Crippen LogP contribution >= 0.6 is 15.9 Å². The van der Waals surface area contributed by atoms with Crippen LogP contribution in [0.4, 0.5) is 11.8 Å². The monoisotopic (exact) mass is 327 g/mol. The van der Waals surface area contributed by atoms with E-state index in [4.69, 9.17) is 0 Å². The van der Waals surface area contributed by atoms with E-state index in [0.717, 1.165) is 29.7 Å². The van der Waals surface area contributed by atoms with E-state index >= 15 is 0 Å². The number of aromatic nitrogens is 2. The van der Waals surface area contributed by atoms with Gasteiger partial charge in [-0.2, -0.15) is 4.98 Å². The number of amides is 1. The molecule has 0 radical (unpaired) electrons. The first-order chi connectivity index (χ1) is 9.19. The number of nitrogens with zero attached hydrogens (tertiary/aromatic N) is 2. The fraction of sp³-hybridized carbons (Fsp3) is 0.583. The molecule has 1 unspecified atom stereocenters. The number of nitrogens with one attached hydrogen (secondary N) is 3. The zero-order valence-corrected chi connectivity index (χ0v) is 12.5. The Hall–Kier alpha value is -1.37. The summed E-state index contributed by atoms with van der Waals surface area (Å²) in [6, 6.07) is 0.211. The van der Waals surface area contributed by atoms with Gasteiger partial charge in [-0.15, -0.1) is 0 Å². The molecule has 7 heteroatoms. The lowest BCUT2D eigenvalue weighted by atomic mass is 10.1. The van der Waals surface area contributed by atoms with Crippen LogP contribution in [0, 0.1) is 0 Å². The lowest BCUT2D eigenvalue weighted by molar-refractivity contribution is -0.122. The van der Waals surface area contributed by atoms with E-state index in [-0.39, 0.29) is 11.9 Å². The molecule has 1 saturated heterocycles. The Morgan fingerprint density at radius 2 is 2.42 bits per heavy atom. The molecule has 104 valence electrons. The molecule has 19 heavy (non-hydrogen) atoms. The standard InChI is InChI=1S/C12H18BrN5O/c1-2-5-14-12-16-7-9(13)11(18-12)17-8-3-4-10(19)15-6-8/h7-8H,2-6H2,1H3,(H,15,19)(H2,14,16,17,18). The molecule has 1 aliphatic heterocycles. The van der Waals surface area contributed by atoms with E-state index in [1.165, 1.54) is 0 Å². The third-order valence-corrected chi connectivity index (χ3v) is 3.46. The number of piperidine rings is 1. The average Bonchev–Trinajstić information content (AvgIpc) is 2.42. The van der Waals surface area contributed by atoms with Crippen LogP contribution in [0.3, 0.4) is 0 Å². The minimum absolute atomic E-state index is 0.116. The maximum atomic E-state index is 11.1. The molecule has 1 amide bonds. The maximum absolute atomic E-state index is 11.1. The highest BCUT2D eigenvalue weighted by atomic mass is 79.9. The molecule has 0 aliphatic carbocycles. The van der Waals surface area contributed by atoms with Crippen molar-refractivity contribution >= 4 is 33.6 Å². The average molecular weight is 328 g/mol. The normalized spacial score (nSPS) is 18.8. The summed E-state index contributed by atoms with van der Waals surface area (Å²) in [5, 5.41) is 9.33. The second-order valence-electron chi connectivity index (χ2n) is 4.50. The molecule has 0 spiro atoms. The molecular weight excluding hydrogens is 310 g/mol. The fourth-order valence-electron chi connectivity index (χ4n) is 1.84. The molecule has 6 nitrogen and oxygen atoms in total. The highest BCUT2D eigenvalue weighted by Crippen LogP contribution is 2.22. The van der Waals surface area contributed by atoms with Gasteiger partial charge in [0, 0.05) is 31.7 Å². The van der Waals surface area contributed by atoms with Crippen molar-refractivity contribution in [3.8, 4) is 0 Å². The highest BCUT2D eigenvalue weighted by molar-refractivity contribution is 9.10. The summed E-state index contributed by atoms with van der Waals surface area (Å²) in [7, 11) is 0. The zero-order chi connectivity index (χ0) is 13.7. The van der Waals surface area contributed by atoms with Gasteiger partial charge in [0.25, 0.3) is 0 Å². The van der Waals surface area contributed by atoms with E-state index in [1.807, 2.05) is 0 Å². The predicted octanol–water partition coefficient (Wildman–Crippen LogP) is 1.75. The van der Waals surface area contributed by atoms with Gasteiger partial charge < -0.3 is 16.0 Å². The molecule has 2 rings (SSSR count). The second kappa shape index (κ2) is 6.70. The van der Waals surface area contributed by atoms with Crippen molar-refractivity contribution in [1.29, 1.82) is 0 Å². The van der Waals surface area contributed by atoms with Crippen LogP contribution in [-0.2, 0) is 4.79 Å². The number of anilines is 2. The molecule has 1 atom stereocenters. The first kappa shape index (κ1) is 14.0. The van der Waals surface area contributed by atoms with Crippen LogP contribution < -0.4 is 16.0 Å². The Morgan fingerprint density at radius 1 is 1.58 bits per heavy atom. The lowest BCUT2D eigenvalue weighted by Gasteiger charge is -2.24. The molecule has 1 fully saturated rings. The van der Waals surface area contributed by atoms with Gasteiger partial charge in [0.2, 0.25) is 11.9 Å². The third kappa shape index (κ3) is 4.05. The molecule has 0 saturated carbocycles. The van der Waals surface area contributed by atoms with E-state index in [0.29, 0.717) is 18.9 Å². The molecule has 1 aromatic rings. The number of carbonyl (C=O) groups excluding carboxylic acids is 1. The summed E-state index contributed by atoms with van der Waals surface area (Å²) >= 11 is 3.43. The Labute approximate surface area is 120 Å². The summed E-state index contributed by atoms with van der Waals surface area (Å²) in [6.07, 6.45) is 4.13. The Balaban J connectivity index is 2.00. The van der Waals surface area contributed by atoms with Crippen LogP contribution in [0.2, 0.25) is 0 Å². The molecule has 0 aromatic carbocycles. The molecule has 1 aromatic heterocycles. The molecule has 2 heterocycles. The minimum Gasteiger partial charge on any atom is -0.364 e. The number of halogens is 1. The van der Waals surface area contributed by atoms with Gasteiger partial charge in [-0.1, -0.05) is 6.92 Å². The fourth-order valence-corrected chi connectivity index (χ4v) is 2.15. The number of carbonyl (C=O) groups is 1. The first-order valence-corrected chi connectivity index (χ1v) is 7.28. The van der Waals surface area contributed by atoms with Crippen molar-refractivity contribution in [1.82, 2.24) is 15.3 Å². The summed E-state index contributed by atoms with van der Waals surface area (Å²) in [5.74, 6) is 1.49. The van der Waals surface area contributed by atoms with E-state index in [9.17, 15) is 4.79 Å². The topological polar surface area (TPSA) is 78.9 Å². The molecule has 1 aliphatic rings. The number of hydrogen-bond donors (Lipinski definition) is 3. The van der Waals surface area contributed by atoms with Crippen molar-refractivity contribution in [2.24, 2.45) is 0 Å². The van der Waals surface area contributed by atoms with E-state index < -0.39 is 0 Å². The zero-order valence-electron chi connectivity index (χ0n) is 10.9. The van der Waals surface area contributed by atoms with Crippen molar-refractivity contribution in [3.63, 3.8) is 0 Å². The largest absolute Gasteiger partial charge is 0.364 e. The van der Waals surface area contributed by atoms with Crippen molar-refractivity contribution in [2.75, 3.05) is 23.7 Å². The van der Waals surface area contributed by atoms with Crippen LogP contribution in [0.25, 0.3) is 0 Å². The molecular formula is C12H18BrN5O. The SMILES string of the molecule is CCCNc1ncc(Br)c(NC2CCC(=O)NC2)n1. The Morgan fingerprint density at radius 3 is 3.11 bits per heavy atom. The van der Waals surface area contributed by atoms with Crippen molar-refractivity contribution < 1.29 is 4.79 Å². The van der Waals surface area contributed by atoms with Crippen molar-refractivity contribution in [3.05, 3.63) is 10.7 Å². The smallest absolute Gasteiger partial charge is 0.224 e. The van der Waals surface area contributed by atoms with Crippen LogP contribution in [0.1, 0.15) is 26.2 Å². The van der Waals surface area contributed by atoms with Gasteiger partial charge in [0.15, 0.2) is 0 Å². The summed E-state index contributed by atoms with van der Waals surface area (Å²) in [4.78, 5) is 19.7. The predicted molar refractivity (Wildman–Crippen MR) is 78.2 cm³/mol. The van der Waals surface area contributed by atoms with Gasteiger partial charge in [-0.05, 0) is 28.8 Å². The van der Waals surface area contributed by atoms with Crippen LogP contribution in [0.5, 0.6) is 0 Å². The quantitative estimate of drug-likeness (QED) is 0.767. The third-order valence-electron chi connectivity index (χ3n) is 2.88. The minimum atomic E-state index is 0.116. The molecule has 0 bridgehead atoms. The van der Waals surface area contributed by atoms with Crippen molar-refractivity contribution in [2.45, 2.75) is 32.2 Å². The first-order valence-electron chi connectivity index (χ1n) is 6.48. The van der Waals surface area contributed by atoms with E-state index in [2.05, 4.69) is 48.8 Å². The summed E-state index contributed by atoms with van der Waals surface area (Å²) in [5.41, 5.74) is 0. The second-order valence-corrected chi connectivity index (χ2v) is 5.36. The van der Waals surface area contributed by atoms with Gasteiger partial charge in [0.1, 0.15) is 5.82 Å². The molecule has 3 N–H and O–H groups in total. The van der Waals surface area contributed by atoms with E-state index in [1.54, 1.807) is 6.20 Å². The summed E-state index contributed by atoms with van der Waals surface area (Å²) < 4.78 is 0.825. The van der Waals surface area contributed by atoms with Crippen LogP contribution in [0.15, 0.2) is 10.7 Å². The number of rotatable bonds is 5. The van der Waals surface area contributed by atoms with Gasteiger partial charge >= 0.3 is 0 Å². The van der Waals surface area contributed by atoms with Gasteiger partial charge in [-0.25, -0.2) is 4.98 Å². The van der Waals surface area contributed by atoms with Gasteiger partial charge in [-0.3, -0.25) is 4.79 Å². The summed E-state index contributed by atoms with van der Waals surface area (Å²) in [6.45, 7) is 3.57. The van der Waals surface area contributed by atoms with Crippen LogP contribution in [-0.4, -0.2) is 35.0 Å². The highest BCUT2D eigenvalue weighted by Gasteiger charge is 2.19. The lowest BCUT2D eigenvalue weighted by Crippen LogP contribution is -2.42. The Bertz CT molecular complexity index is 444.